The third-order valence-electron chi connectivity index (χ3n) is 3.42. The molecule has 0 aliphatic rings. The van der Waals surface area contributed by atoms with Crippen LogP contribution in [0.5, 0.6) is 0 Å². The van der Waals surface area contributed by atoms with Gasteiger partial charge in [0, 0.05) is 33.9 Å². The summed E-state index contributed by atoms with van der Waals surface area (Å²) in [5.41, 5.74) is 1.22. The van der Waals surface area contributed by atoms with Gasteiger partial charge in [0.05, 0.1) is 19.7 Å². The van der Waals surface area contributed by atoms with Gasteiger partial charge in [-0.15, -0.1) is 0 Å². The smallest absolute Gasteiger partial charge is 0.120 e. The first kappa shape index (κ1) is 18.2. The van der Waals surface area contributed by atoms with Crippen molar-refractivity contribution in [2.75, 3.05) is 47.1 Å². The predicted molar refractivity (Wildman–Crippen MR) is 84.5 cm³/mol. The summed E-state index contributed by atoms with van der Waals surface area (Å²) in [6, 6.07) is 2.14. The summed E-state index contributed by atoms with van der Waals surface area (Å²) in [7, 11) is 3.47. The number of hydrogen-bond donors (Lipinski definition) is 1. The number of methoxy groups -OCH3 is 2. The molecule has 0 aromatic carbocycles. The van der Waals surface area contributed by atoms with Crippen LogP contribution in [0.1, 0.15) is 30.4 Å². The van der Waals surface area contributed by atoms with Gasteiger partial charge in [-0.05, 0) is 31.5 Å². The van der Waals surface area contributed by atoms with Crippen LogP contribution in [-0.2, 0) is 22.6 Å². The zero-order valence-electron chi connectivity index (χ0n) is 13.9. The molecule has 0 atom stereocenters. The van der Waals surface area contributed by atoms with Gasteiger partial charge in [-0.2, -0.15) is 0 Å². The highest BCUT2D eigenvalue weighted by molar-refractivity contribution is 5.20. The highest BCUT2D eigenvalue weighted by atomic mass is 16.5. The molecule has 0 bridgehead atoms. The maximum atomic E-state index is 5.96. The molecule has 122 valence electrons. The lowest BCUT2D eigenvalue weighted by Gasteiger charge is -2.20. The van der Waals surface area contributed by atoms with Crippen molar-refractivity contribution in [3.05, 3.63) is 23.2 Å². The van der Waals surface area contributed by atoms with Gasteiger partial charge in [-0.3, -0.25) is 4.90 Å². The first-order chi connectivity index (χ1) is 10.2. The van der Waals surface area contributed by atoms with E-state index in [1.165, 1.54) is 5.56 Å². The summed E-state index contributed by atoms with van der Waals surface area (Å²) in [6.07, 6.45) is 1.02. The monoisotopic (exact) mass is 298 g/mol. The minimum atomic E-state index is 0.733. The molecule has 1 rings (SSSR count). The SMILES string of the molecule is CCNCc1oc(CN(CCCOC)CCOC)cc1C. The van der Waals surface area contributed by atoms with Crippen LogP contribution in [0.15, 0.2) is 10.5 Å². The van der Waals surface area contributed by atoms with Crippen LogP contribution in [0.4, 0.5) is 0 Å². The van der Waals surface area contributed by atoms with Crippen LogP contribution in [0.3, 0.4) is 0 Å². The maximum absolute atomic E-state index is 5.96. The van der Waals surface area contributed by atoms with Crippen LogP contribution in [0, 0.1) is 6.92 Å². The first-order valence-electron chi connectivity index (χ1n) is 7.70. The molecule has 0 amide bonds. The average Bonchev–Trinajstić information content (AvgIpc) is 2.82. The molecule has 1 N–H and O–H groups in total. The fourth-order valence-electron chi connectivity index (χ4n) is 2.23. The normalized spacial score (nSPS) is 11.5. The summed E-state index contributed by atoms with van der Waals surface area (Å²) in [4.78, 5) is 2.35. The second-order valence-electron chi connectivity index (χ2n) is 5.21. The number of nitrogens with one attached hydrogen (secondary N) is 1. The van der Waals surface area contributed by atoms with Gasteiger partial charge in [0.2, 0.25) is 0 Å². The number of aryl methyl sites for hydroxylation is 1. The summed E-state index contributed by atoms with van der Waals surface area (Å²) >= 11 is 0. The van der Waals surface area contributed by atoms with Gasteiger partial charge in [0.15, 0.2) is 0 Å². The predicted octanol–water partition coefficient (Wildman–Crippen LogP) is 2.18. The molecule has 0 fully saturated rings. The second kappa shape index (κ2) is 10.8. The highest BCUT2D eigenvalue weighted by Crippen LogP contribution is 2.16. The number of nitrogens with zero attached hydrogens (tertiary/aromatic N) is 1. The van der Waals surface area contributed by atoms with E-state index in [0.717, 1.165) is 63.9 Å². The van der Waals surface area contributed by atoms with Crippen LogP contribution < -0.4 is 5.32 Å². The van der Waals surface area contributed by atoms with E-state index in [-0.39, 0.29) is 0 Å². The van der Waals surface area contributed by atoms with Crippen LogP contribution in [0.25, 0.3) is 0 Å². The van der Waals surface area contributed by atoms with Gasteiger partial charge in [-0.1, -0.05) is 6.92 Å². The van der Waals surface area contributed by atoms with Gasteiger partial charge in [0.1, 0.15) is 11.5 Å². The number of rotatable bonds is 12. The van der Waals surface area contributed by atoms with Gasteiger partial charge < -0.3 is 19.2 Å². The van der Waals surface area contributed by atoms with Crippen molar-refractivity contribution in [2.45, 2.75) is 33.4 Å². The Labute approximate surface area is 128 Å². The molecule has 1 aromatic heterocycles. The summed E-state index contributed by atoms with van der Waals surface area (Å²) in [5, 5.41) is 3.30. The average molecular weight is 298 g/mol. The van der Waals surface area contributed by atoms with Crippen molar-refractivity contribution in [1.82, 2.24) is 10.2 Å². The molecule has 0 spiro atoms. The summed E-state index contributed by atoms with van der Waals surface area (Å²) in [6.45, 7) is 10.2. The molecule has 5 heteroatoms. The maximum Gasteiger partial charge on any atom is 0.120 e. The molecule has 0 aliphatic carbocycles. The largest absolute Gasteiger partial charge is 0.463 e. The van der Waals surface area contributed by atoms with Crippen molar-refractivity contribution >= 4 is 0 Å². The first-order valence-corrected chi connectivity index (χ1v) is 7.70. The van der Waals surface area contributed by atoms with Crippen LogP contribution in [0.2, 0.25) is 0 Å². The molecule has 1 aromatic rings. The Balaban J connectivity index is 2.55. The lowest BCUT2D eigenvalue weighted by molar-refractivity contribution is 0.124. The molecule has 0 radical (unpaired) electrons. The lowest BCUT2D eigenvalue weighted by atomic mass is 10.2. The molecule has 0 unspecified atom stereocenters. The minimum Gasteiger partial charge on any atom is -0.463 e. The summed E-state index contributed by atoms with van der Waals surface area (Å²) in [5.74, 6) is 2.06. The number of furan rings is 1. The van der Waals surface area contributed by atoms with E-state index >= 15 is 0 Å². The van der Waals surface area contributed by atoms with E-state index in [1.54, 1.807) is 14.2 Å². The Kier molecular flexibility index (Phi) is 9.34. The highest BCUT2D eigenvalue weighted by Gasteiger charge is 2.11. The van der Waals surface area contributed by atoms with Gasteiger partial charge >= 0.3 is 0 Å². The zero-order valence-corrected chi connectivity index (χ0v) is 13.9. The Bertz CT molecular complexity index is 380. The van der Waals surface area contributed by atoms with E-state index in [4.69, 9.17) is 13.9 Å². The van der Waals surface area contributed by atoms with Crippen molar-refractivity contribution in [1.29, 1.82) is 0 Å². The number of hydrogen-bond acceptors (Lipinski definition) is 5. The quantitative estimate of drug-likeness (QED) is 0.599. The third kappa shape index (κ3) is 7.09. The molecule has 0 saturated heterocycles. The molecule has 0 aliphatic heterocycles. The van der Waals surface area contributed by atoms with Gasteiger partial charge in [-0.25, -0.2) is 0 Å². The molecule has 1 heterocycles. The van der Waals surface area contributed by atoms with E-state index in [0.29, 0.717) is 0 Å². The number of ether oxygens (including phenoxy) is 2. The van der Waals surface area contributed by atoms with Crippen molar-refractivity contribution in [3.63, 3.8) is 0 Å². The van der Waals surface area contributed by atoms with Crippen molar-refractivity contribution in [2.24, 2.45) is 0 Å². The molecule has 21 heavy (non-hydrogen) atoms. The molecular weight excluding hydrogens is 268 g/mol. The van der Waals surface area contributed by atoms with Crippen LogP contribution >= 0.6 is 0 Å². The van der Waals surface area contributed by atoms with E-state index < -0.39 is 0 Å². The van der Waals surface area contributed by atoms with Crippen molar-refractivity contribution < 1.29 is 13.9 Å². The van der Waals surface area contributed by atoms with Gasteiger partial charge in [0.25, 0.3) is 0 Å². The molecule has 0 saturated carbocycles. The van der Waals surface area contributed by atoms with E-state index in [1.807, 2.05) is 0 Å². The fourth-order valence-corrected chi connectivity index (χ4v) is 2.23. The zero-order chi connectivity index (χ0) is 15.5. The van der Waals surface area contributed by atoms with E-state index in [2.05, 4.69) is 30.1 Å². The molecular formula is C16H30N2O3. The second-order valence-corrected chi connectivity index (χ2v) is 5.21. The standard InChI is InChI=1S/C16H30N2O3/c1-5-17-12-16-14(2)11-15(21-16)13-18(8-10-20-4)7-6-9-19-3/h11,17H,5-10,12-13H2,1-4H3. The Hall–Kier alpha value is -0.880. The fraction of sp³-hybridized carbons (Fsp3) is 0.750. The van der Waals surface area contributed by atoms with Crippen LogP contribution in [-0.4, -0.2) is 52.0 Å². The van der Waals surface area contributed by atoms with E-state index in [9.17, 15) is 0 Å². The Morgan fingerprint density at radius 2 is 1.95 bits per heavy atom. The summed E-state index contributed by atoms with van der Waals surface area (Å²) < 4.78 is 16.3. The third-order valence-corrected chi connectivity index (χ3v) is 3.42. The minimum absolute atomic E-state index is 0.733. The molecule has 5 nitrogen and oxygen atoms in total. The Morgan fingerprint density at radius 3 is 2.62 bits per heavy atom. The topological polar surface area (TPSA) is 46.9 Å². The Morgan fingerprint density at radius 1 is 1.19 bits per heavy atom. The lowest BCUT2D eigenvalue weighted by Crippen LogP contribution is -2.28. The van der Waals surface area contributed by atoms with Crippen molar-refractivity contribution in [3.8, 4) is 0 Å².